The van der Waals surface area contributed by atoms with E-state index in [2.05, 4.69) is 22.3 Å². The zero-order chi connectivity index (χ0) is 19.2. The number of amides is 2. The Balaban J connectivity index is 1.58. The number of rotatable bonds is 6. The smallest absolute Gasteiger partial charge is 0.253 e. The first-order valence-electron chi connectivity index (χ1n) is 9.16. The summed E-state index contributed by atoms with van der Waals surface area (Å²) in [5.41, 5.74) is 2.68. The monoisotopic (exact) mass is 385 g/mol. The highest BCUT2D eigenvalue weighted by atomic mass is 35.5. The molecule has 0 bridgehead atoms. The molecule has 0 aromatic heterocycles. The highest BCUT2D eigenvalue weighted by Crippen LogP contribution is 2.25. The molecule has 0 atom stereocenters. The van der Waals surface area contributed by atoms with Crippen molar-refractivity contribution in [2.24, 2.45) is 0 Å². The molecule has 3 rings (SSSR count). The van der Waals surface area contributed by atoms with E-state index in [1.54, 1.807) is 36.2 Å². The first kappa shape index (κ1) is 19.2. The van der Waals surface area contributed by atoms with Gasteiger partial charge in [0.2, 0.25) is 5.91 Å². The van der Waals surface area contributed by atoms with E-state index >= 15 is 0 Å². The van der Waals surface area contributed by atoms with Crippen LogP contribution in [0.4, 0.5) is 5.69 Å². The van der Waals surface area contributed by atoms with Crippen molar-refractivity contribution in [3.05, 3.63) is 64.7 Å². The minimum absolute atomic E-state index is 0.0631. The first-order valence-corrected chi connectivity index (χ1v) is 9.53. The Morgan fingerprint density at radius 2 is 1.74 bits per heavy atom. The van der Waals surface area contributed by atoms with Gasteiger partial charge < -0.3 is 15.1 Å². The predicted molar refractivity (Wildman–Crippen MR) is 108 cm³/mol. The molecular formula is C21H24ClN3O2. The van der Waals surface area contributed by atoms with Crippen LogP contribution in [-0.2, 0) is 11.3 Å². The summed E-state index contributed by atoms with van der Waals surface area (Å²) in [7, 11) is 1.75. The lowest BCUT2D eigenvalue weighted by molar-refractivity contribution is -0.129. The number of anilines is 1. The van der Waals surface area contributed by atoms with E-state index in [9.17, 15) is 9.59 Å². The number of carbonyl (C=O) groups is 2. The fourth-order valence-corrected chi connectivity index (χ4v) is 3.51. The van der Waals surface area contributed by atoms with Gasteiger partial charge in [-0.2, -0.15) is 0 Å². The third-order valence-corrected chi connectivity index (χ3v) is 5.12. The van der Waals surface area contributed by atoms with E-state index in [-0.39, 0.29) is 18.4 Å². The van der Waals surface area contributed by atoms with Gasteiger partial charge in [0.05, 0.1) is 17.1 Å². The summed E-state index contributed by atoms with van der Waals surface area (Å²) in [4.78, 5) is 28.7. The van der Waals surface area contributed by atoms with Crippen LogP contribution >= 0.6 is 11.6 Å². The van der Waals surface area contributed by atoms with Gasteiger partial charge in [-0.15, -0.1) is 0 Å². The summed E-state index contributed by atoms with van der Waals surface area (Å²) in [6.07, 6.45) is 2.41. The van der Waals surface area contributed by atoms with Crippen LogP contribution in [0.2, 0.25) is 5.02 Å². The van der Waals surface area contributed by atoms with Gasteiger partial charge in [-0.05, 0) is 36.6 Å². The molecule has 0 spiro atoms. The molecule has 2 aromatic carbocycles. The van der Waals surface area contributed by atoms with Gasteiger partial charge in [0, 0.05) is 32.4 Å². The lowest BCUT2D eigenvalue weighted by Crippen LogP contribution is -2.38. The van der Waals surface area contributed by atoms with E-state index < -0.39 is 0 Å². The number of benzene rings is 2. The van der Waals surface area contributed by atoms with Crippen molar-refractivity contribution in [3.63, 3.8) is 0 Å². The summed E-state index contributed by atoms with van der Waals surface area (Å²) in [6.45, 7) is 2.56. The summed E-state index contributed by atoms with van der Waals surface area (Å²) in [5.74, 6) is -0.494. The minimum Gasteiger partial charge on any atom is -0.371 e. The summed E-state index contributed by atoms with van der Waals surface area (Å²) >= 11 is 6.02. The van der Waals surface area contributed by atoms with E-state index in [1.807, 2.05) is 12.1 Å². The maximum Gasteiger partial charge on any atom is 0.253 e. The number of hydrogen-bond donors (Lipinski definition) is 1. The molecule has 1 aliphatic heterocycles. The van der Waals surface area contributed by atoms with Crippen molar-refractivity contribution < 1.29 is 9.59 Å². The molecule has 0 aliphatic carbocycles. The molecule has 1 fully saturated rings. The summed E-state index contributed by atoms with van der Waals surface area (Å²) in [6, 6.07) is 15.0. The standard InChI is InChI=1S/C21H24ClN3O2/c1-24(15-16-8-2-5-11-19(16)25-12-6-7-13-25)20(26)14-23-21(27)17-9-3-4-10-18(17)22/h2-5,8-11H,6-7,12-15H2,1H3,(H,23,27). The Morgan fingerprint density at radius 3 is 2.48 bits per heavy atom. The molecule has 2 aromatic rings. The molecule has 1 heterocycles. The Morgan fingerprint density at radius 1 is 1.07 bits per heavy atom. The van der Waals surface area contributed by atoms with Crippen LogP contribution in [0.5, 0.6) is 0 Å². The third-order valence-electron chi connectivity index (χ3n) is 4.79. The van der Waals surface area contributed by atoms with Crippen LogP contribution in [0.15, 0.2) is 48.5 Å². The Labute approximate surface area is 164 Å². The van der Waals surface area contributed by atoms with Crippen LogP contribution < -0.4 is 10.2 Å². The van der Waals surface area contributed by atoms with E-state index in [0.717, 1.165) is 18.7 Å². The van der Waals surface area contributed by atoms with Crippen molar-refractivity contribution in [1.82, 2.24) is 10.2 Å². The van der Waals surface area contributed by atoms with Crippen LogP contribution in [0.1, 0.15) is 28.8 Å². The average Bonchev–Trinajstić information content (AvgIpc) is 3.21. The van der Waals surface area contributed by atoms with Gasteiger partial charge in [0.15, 0.2) is 0 Å². The number of nitrogens with one attached hydrogen (secondary N) is 1. The molecule has 0 radical (unpaired) electrons. The largest absolute Gasteiger partial charge is 0.371 e. The van der Waals surface area contributed by atoms with Gasteiger partial charge in [-0.1, -0.05) is 41.9 Å². The Hall–Kier alpha value is -2.53. The molecule has 27 heavy (non-hydrogen) atoms. The fourth-order valence-electron chi connectivity index (χ4n) is 3.29. The van der Waals surface area contributed by atoms with Crippen molar-refractivity contribution in [2.45, 2.75) is 19.4 Å². The van der Waals surface area contributed by atoms with E-state index in [1.165, 1.54) is 18.5 Å². The highest BCUT2D eigenvalue weighted by Gasteiger charge is 2.18. The summed E-state index contributed by atoms with van der Waals surface area (Å²) < 4.78 is 0. The van der Waals surface area contributed by atoms with Crippen LogP contribution in [0, 0.1) is 0 Å². The van der Waals surface area contributed by atoms with Crippen molar-refractivity contribution in [2.75, 3.05) is 31.6 Å². The predicted octanol–water partition coefficient (Wildman–Crippen LogP) is 3.33. The molecule has 1 aliphatic rings. The number of hydrogen-bond acceptors (Lipinski definition) is 3. The first-order chi connectivity index (χ1) is 13.1. The Bertz CT molecular complexity index is 819. The molecule has 142 valence electrons. The van der Waals surface area contributed by atoms with Crippen LogP contribution in [-0.4, -0.2) is 43.4 Å². The number of para-hydroxylation sites is 1. The molecule has 2 amide bonds. The van der Waals surface area contributed by atoms with E-state index in [0.29, 0.717) is 17.1 Å². The second kappa shape index (κ2) is 8.91. The topological polar surface area (TPSA) is 52.6 Å². The number of carbonyl (C=O) groups excluding carboxylic acids is 2. The number of likely N-dealkylation sites (N-methyl/N-ethyl adjacent to an activating group) is 1. The molecule has 0 saturated carbocycles. The van der Waals surface area contributed by atoms with Gasteiger partial charge in [-0.3, -0.25) is 9.59 Å². The fraction of sp³-hybridized carbons (Fsp3) is 0.333. The third kappa shape index (κ3) is 4.80. The highest BCUT2D eigenvalue weighted by molar-refractivity contribution is 6.33. The lowest BCUT2D eigenvalue weighted by Gasteiger charge is -2.24. The van der Waals surface area contributed by atoms with Gasteiger partial charge in [-0.25, -0.2) is 0 Å². The Kier molecular flexibility index (Phi) is 6.35. The second-order valence-corrected chi connectivity index (χ2v) is 7.14. The maximum absolute atomic E-state index is 12.5. The minimum atomic E-state index is -0.347. The molecule has 5 nitrogen and oxygen atoms in total. The molecular weight excluding hydrogens is 362 g/mol. The quantitative estimate of drug-likeness (QED) is 0.829. The van der Waals surface area contributed by atoms with Crippen LogP contribution in [0.3, 0.4) is 0 Å². The van der Waals surface area contributed by atoms with Crippen LogP contribution in [0.25, 0.3) is 0 Å². The number of halogens is 1. The average molecular weight is 386 g/mol. The molecule has 0 unspecified atom stereocenters. The SMILES string of the molecule is CN(Cc1ccccc1N1CCCC1)C(=O)CNC(=O)c1ccccc1Cl. The molecule has 1 saturated heterocycles. The zero-order valence-electron chi connectivity index (χ0n) is 15.5. The van der Waals surface area contributed by atoms with E-state index in [4.69, 9.17) is 11.6 Å². The van der Waals surface area contributed by atoms with Crippen molar-refractivity contribution in [1.29, 1.82) is 0 Å². The zero-order valence-corrected chi connectivity index (χ0v) is 16.2. The number of nitrogens with zero attached hydrogens (tertiary/aromatic N) is 2. The normalized spacial score (nSPS) is 13.5. The molecule has 1 N–H and O–H groups in total. The maximum atomic E-state index is 12.5. The molecule has 6 heteroatoms. The lowest BCUT2D eigenvalue weighted by atomic mass is 10.1. The van der Waals surface area contributed by atoms with Gasteiger partial charge >= 0.3 is 0 Å². The van der Waals surface area contributed by atoms with Gasteiger partial charge in [0.1, 0.15) is 0 Å². The van der Waals surface area contributed by atoms with Crippen molar-refractivity contribution in [3.8, 4) is 0 Å². The van der Waals surface area contributed by atoms with Crippen molar-refractivity contribution >= 4 is 29.1 Å². The van der Waals surface area contributed by atoms with Gasteiger partial charge in [0.25, 0.3) is 5.91 Å². The summed E-state index contributed by atoms with van der Waals surface area (Å²) in [5, 5.41) is 3.02. The second-order valence-electron chi connectivity index (χ2n) is 6.74.